The highest BCUT2D eigenvalue weighted by Gasteiger charge is 2.27. The van der Waals surface area contributed by atoms with Crippen LogP contribution in [0, 0.1) is 10.8 Å². The van der Waals surface area contributed by atoms with Gasteiger partial charge in [0.25, 0.3) is 0 Å². The molecule has 0 aromatic heterocycles. The predicted octanol–water partition coefficient (Wildman–Crippen LogP) is 1.14. The maximum Gasteiger partial charge on any atom is 0.314 e. The number of carboxylic acid groups (broad SMARTS) is 1. The van der Waals surface area contributed by atoms with E-state index in [2.05, 4.69) is 0 Å². The molecule has 0 heterocycles. The van der Waals surface area contributed by atoms with Gasteiger partial charge in [-0.05, 0) is 13.3 Å². The minimum Gasteiger partial charge on any atom is -0.481 e. The fraction of sp³-hybridized carbons (Fsp3) is 0.667. The van der Waals surface area contributed by atoms with E-state index >= 15 is 0 Å². The Morgan fingerprint density at radius 2 is 2.33 bits per heavy atom. The van der Waals surface area contributed by atoms with E-state index in [1.54, 1.807) is 6.92 Å². The fourth-order valence-corrected chi connectivity index (χ4v) is 0.315. The first-order valence-electron chi connectivity index (χ1n) is 2.82. The van der Waals surface area contributed by atoms with Crippen LogP contribution in [0.3, 0.4) is 0 Å². The van der Waals surface area contributed by atoms with Crippen molar-refractivity contribution >= 4 is 12.2 Å². The van der Waals surface area contributed by atoms with Crippen molar-refractivity contribution in [1.29, 1.82) is 5.41 Å². The highest BCUT2D eigenvalue weighted by molar-refractivity contribution is 5.92. The zero-order valence-corrected chi connectivity index (χ0v) is 5.64. The molecule has 0 aliphatic rings. The topological polar surface area (TPSA) is 61.2 Å². The van der Waals surface area contributed by atoms with Crippen molar-refractivity contribution in [2.45, 2.75) is 20.3 Å². The summed E-state index contributed by atoms with van der Waals surface area (Å²) >= 11 is 0. The van der Waals surface area contributed by atoms with E-state index < -0.39 is 11.4 Å². The summed E-state index contributed by atoms with van der Waals surface area (Å²) in [5.74, 6) is -0.931. The summed E-state index contributed by atoms with van der Waals surface area (Å²) in [6.45, 7) is 3.28. The maximum atomic E-state index is 10.3. The van der Waals surface area contributed by atoms with Crippen molar-refractivity contribution in [3.05, 3.63) is 0 Å². The quantitative estimate of drug-likeness (QED) is 0.561. The summed E-state index contributed by atoms with van der Waals surface area (Å²) in [6, 6.07) is 0. The molecule has 0 saturated carbocycles. The second-order valence-corrected chi connectivity index (χ2v) is 2.22. The van der Waals surface area contributed by atoms with Crippen LogP contribution in [-0.2, 0) is 4.79 Å². The number of rotatable bonds is 3. The Labute approximate surface area is 54.2 Å². The van der Waals surface area contributed by atoms with Gasteiger partial charge in [-0.15, -0.1) is 0 Å². The van der Waals surface area contributed by atoms with Crippen LogP contribution in [0.4, 0.5) is 0 Å². The van der Waals surface area contributed by atoms with Crippen LogP contribution >= 0.6 is 0 Å². The molecule has 3 nitrogen and oxygen atoms in total. The minimum atomic E-state index is -0.958. The van der Waals surface area contributed by atoms with E-state index in [1.165, 1.54) is 6.92 Å². The molecule has 1 atom stereocenters. The molecule has 9 heavy (non-hydrogen) atoms. The number of carboxylic acids is 1. The molecule has 0 aliphatic heterocycles. The largest absolute Gasteiger partial charge is 0.481 e. The van der Waals surface area contributed by atoms with Gasteiger partial charge in [-0.25, -0.2) is 0 Å². The van der Waals surface area contributed by atoms with Gasteiger partial charge in [0.1, 0.15) is 0 Å². The van der Waals surface area contributed by atoms with Gasteiger partial charge in [-0.3, -0.25) is 4.79 Å². The van der Waals surface area contributed by atoms with Crippen LogP contribution in [0.5, 0.6) is 0 Å². The molecule has 0 bridgehead atoms. The Morgan fingerprint density at radius 3 is 2.33 bits per heavy atom. The molecule has 52 valence electrons. The van der Waals surface area contributed by atoms with Crippen LogP contribution in [0.15, 0.2) is 0 Å². The van der Waals surface area contributed by atoms with Gasteiger partial charge >= 0.3 is 5.97 Å². The Hall–Kier alpha value is -0.860. The minimum absolute atomic E-state index is 0.464. The normalized spacial score (nSPS) is 16.2. The smallest absolute Gasteiger partial charge is 0.314 e. The summed E-state index contributed by atoms with van der Waals surface area (Å²) in [7, 11) is 0. The zero-order valence-electron chi connectivity index (χ0n) is 5.64. The number of hydrogen-bond donors (Lipinski definition) is 2. The SMILES string of the molecule is CC[C@@](C)(C=N)C(=O)O. The molecule has 0 saturated heterocycles. The standard InChI is InChI=1S/C6H11NO2/c1-3-6(2,4-7)5(8)9/h4,7H,3H2,1-2H3,(H,8,9)/t6-/m0/s1. The predicted molar refractivity (Wildman–Crippen MR) is 34.8 cm³/mol. The average Bonchev–Trinajstić information content (AvgIpc) is 1.86. The fourth-order valence-electron chi connectivity index (χ4n) is 0.315. The first kappa shape index (κ1) is 8.14. The van der Waals surface area contributed by atoms with Crippen molar-refractivity contribution < 1.29 is 9.90 Å². The van der Waals surface area contributed by atoms with Crippen molar-refractivity contribution in [3.63, 3.8) is 0 Å². The van der Waals surface area contributed by atoms with Gasteiger partial charge in [0, 0.05) is 6.21 Å². The lowest BCUT2D eigenvalue weighted by molar-refractivity contribution is -0.143. The van der Waals surface area contributed by atoms with Crippen molar-refractivity contribution in [2.24, 2.45) is 5.41 Å². The van der Waals surface area contributed by atoms with Crippen molar-refractivity contribution in [2.75, 3.05) is 0 Å². The van der Waals surface area contributed by atoms with Gasteiger partial charge in [0.2, 0.25) is 0 Å². The van der Waals surface area contributed by atoms with Crippen molar-refractivity contribution in [1.82, 2.24) is 0 Å². The monoisotopic (exact) mass is 129 g/mol. The summed E-state index contributed by atoms with van der Waals surface area (Å²) in [5.41, 5.74) is -0.958. The van der Waals surface area contributed by atoms with E-state index in [-0.39, 0.29) is 0 Å². The number of hydrogen-bond acceptors (Lipinski definition) is 2. The molecular weight excluding hydrogens is 118 g/mol. The number of nitrogens with one attached hydrogen (secondary N) is 1. The lowest BCUT2D eigenvalue weighted by Gasteiger charge is -2.15. The van der Waals surface area contributed by atoms with E-state index in [9.17, 15) is 4.79 Å². The van der Waals surface area contributed by atoms with Crippen LogP contribution in [0.1, 0.15) is 20.3 Å². The first-order chi connectivity index (χ1) is 4.06. The van der Waals surface area contributed by atoms with E-state index in [0.29, 0.717) is 6.42 Å². The van der Waals surface area contributed by atoms with Crippen LogP contribution in [-0.4, -0.2) is 17.3 Å². The Balaban J connectivity index is 4.27. The van der Waals surface area contributed by atoms with E-state index in [4.69, 9.17) is 10.5 Å². The third-order valence-corrected chi connectivity index (χ3v) is 1.54. The Bertz CT molecular complexity index is 133. The average molecular weight is 129 g/mol. The van der Waals surface area contributed by atoms with Gasteiger partial charge in [-0.2, -0.15) is 0 Å². The summed E-state index contributed by atoms with van der Waals surface area (Å²) < 4.78 is 0. The zero-order chi connectivity index (χ0) is 7.49. The molecule has 0 amide bonds. The molecule has 0 spiro atoms. The van der Waals surface area contributed by atoms with Gasteiger partial charge in [0.05, 0.1) is 5.41 Å². The second kappa shape index (κ2) is 2.62. The summed E-state index contributed by atoms with van der Waals surface area (Å²) in [5, 5.41) is 15.3. The van der Waals surface area contributed by atoms with Crippen LogP contribution in [0.2, 0.25) is 0 Å². The Kier molecular flexibility index (Phi) is 2.37. The third-order valence-electron chi connectivity index (χ3n) is 1.54. The molecular formula is C6H11NO2. The maximum absolute atomic E-state index is 10.3. The molecule has 0 aromatic rings. The molecule has 0 aromatic carbocycles. The molecule has 0 aliphatic carbocycles. The first-order valence-corrected chi connectivity index (χ1v) is 2.82. The van der Waals surface area contributed by atoms with Crippen LogP contribution in [0.25, 0.3) is 0 Å². The van der Waals surface area contributed by atoms with Crippen LogP contribution < -0.4 is 0 Å². The third kappa shape index (κ3) is 1.52. The Morgan fingerprint density at radius 1 is 1.89 bits per heavy atom. The summed E-state index contributed by atoms with van der Waals surface area (Å²) in [4.78, 5) is 10.3. The van der Waals surface area contributed by atoms with Gasteiger partial charge in [0.15, 0.2) is 0 Å². The molecule has 0 unspecified atom stereocenters. The number of carbonyl (C=O) groups is 1. The molecule has 0 fully saturated rings. The molecule has 0 radical (unpaired) electrons. The second-order valence-electron chi connectivity index (χ2n) is 2.22. The van der Waals surface area contributed by atoms with Gasteiger partial charge < -0.3 is 10.5 Å². The summed E-state index contributed by atoms with van der Waals surface area (Å²) in [6.07, 6.45) is 1.43. The lowest BCUT2D eigenvalue weighted by Crippen LogP contribution is -2.27. The lowest BCUT2D eigenvalue weighted by atomic mass is 9.90. The van der Waals surface area contributed by atoms with Gasteiger partial charge in [-0.1, -0.05) is 6.92 Å². The number of aliphatic carboxylic acids is 1. The van der Waals surface area contributed by atoms with E-state index in [1.807, 2.05) is 0 Å². The highest BCUT2D eigenvalue weighted by atomic mass is 16.4. The molecule has 2 N–H and O–H groups in total. The molecule has 3 heteroatoms. The van der Waals surface area contributed by atoms with E-state index in [0.717, 1.165) is 6.21 Å². The van der Waals surface area contributed by atoms with Crippen molar-refractivity contribution in [3.8, 4) is 0 Å². The molecule has 0 rings (SSSR count). The highest BCUT2D eigenvalue weighted by Crippen LogP contribution is 2.16.